The first-order chi connectivity index (χ1) is 6.26. The zero-order valence-corrected chi connectivity index (χ0v) is 8.66. The second-order valence-electron chi connectivity index (χ2n) is 4.76. The topological polar surface area (TPSA) is 20.2 Å². The molecular weight excluding hydrogens is 160 g/mol. The van der Waals surface area contributed by atoms with Crippen LogP contribution in [0.15, 0.2) is 11.6 Å². The smallest absolute Gasteiger partial charge is 0.0462 e. The van der Waals surface area contributed by atoms with Crippen LogP contribution in [0.3, 0.4) is 0 Å². The van der Waals surface area contributed by atoms with Crippen LogP contribution >= 0.6 is 0 Å². The Hall–Kier alpha value is -0.300. The largest absolute Gasteiger partial charge is 0.396 e. The highest BCUT2D eigenvalue weighted by Crippen LogP contribution is 2.50. The lowest BCUT2D eigenvalue weighted by Gasteiger charge is -2.27. The summed E-state index contributed by atoms with van der Waals surface area (Å²) in [6, 6.07) is 0. The van der Waals surface area contributed by atoms with Crippen molar-refractivity contribution in [3.8, 4) is 0 Å². The van der Waals surface area contributed by atoms with Gasteiger partial charge in [-0.3, -0.25) is 0 Å². The van der Waals surface area contributed by atoms with Crippen LogP contribution in [0.25, 0.3) is 0 Å². The fraction of sp³-hybridized carbons (Fsp3) is 0.833. The third kappa shape index (κ3) is 1.43. The van der Waals surface area contributed by atoms with Gasteiger partial charge in [0.25, 0.3) is 0 Å². The first kappa shape index (κ1) is 9.26. The minimum atomic E-state index is 0.386. The second kappa shape index (κ2) is 3.45. The maximum absolute atomic E-state index is 9.26. The van der Waals surface area contributed by atoms with Gasteiger partial charge < -0.3 is 5.11 Å². The zero-order valence-electron chi connectivity index (χ0n) is 8.66. The van der Waals surface area contributed by atoms with Crippen LogP contribution in [0.4, 0.5) is 0 Å². The average molecular weight is 180 g/mol. The van der Waals surface area contributed by atoms with E-state index < -0.39 is 0 Å². The van der Waals surface area contributed by atoms with Gasteiger partial charge >= 0.3 is 0 Å². The summed E-state index contributed by atoms with van der Waals surface area (Å²) >= 11 is 0. The first-order valence-electron chi connectivity index (χ1n) is 5.55. The highest BCUT2D eigenvalue weighted by molar-refractivity contribution is 5.19. The van der Waals surface area contributed by atoms with Crippen molar-refractivity contribution in [2.24, 2.45) is 23.7 Å². The van der Waals surface area contributed by atoms with Crippen molar-refractivity contribution in [3.63, 3.8) is 0 Å². The summed E-state index contributed by atoms with van der Waals surface area (Å²) in [6.07, 6.45) is 6.30. The summed E-state index contributed by atoms with van der Waals surface area (Å²) in [5, 5.41) is 9.26. The molecule has 2 rings (SSSR count). The Morgan fingerprint density at radius 2 is 2.31 bits per heavy atom. The Bertz CT molecular complexity index is 215. The van der Waals surface area contributed by atoms with Crippen molar-refractivity contribution < 1.29 is 5.11 Å². The minimum absolute atomic E-state index is 0.386. The lowest BCUT2D eigenvalue weighted by atomic mass is 9.80. The van der Waals surface area contributed by atoms with Crippen molar-refractivity contribution in [1.82, 2.24) is 0 Å². The van der Waals surface area contributed by atoms with Crippen molar-refractivity contribution in [2.75, 3.05) is 6.61 Å². The van der Waals surface area contributed by atoms with Gasteiger partial charge in [0, 0.05) is 6.61 Å². The molecule has 1 fully saturated rings. The van der Waals surface area contributed by atoms with E-state index in [1.54, 1.807) is 5.57 Å². The maximum atomic E-state index is 9.26. The fourth-order valence-corrected chi connectivity index (χ4v) is 3.25. The van der Waals surface area contributed by atoms with E-state index in [9.17, 15) is 5.11 Å². The normalized spacial score (nSPS) is 39.3. The van der Waals surface area contributed by atoms with Gasteiger partial charge in [0.05, 0.1) is 0 Å². The number of hydrogen-bond donors (Lipinski definition) is 1. The molecule has 2 aliphatic rings. The van der Waals surface area contributed by atoms with E-state index in [4.69, 9.17) is 0 Å². The van der Waals surface area contributed by atoms with Crippen LogP contribution in [0.1, 0.15) is 33.1 Å². The molecule has 1 heteroatoms. The summed E-state index contributed by atoms with van der Waals surface area (Å²) in [4.78, 5) is 0. The molecule has 13 heavy (non-hydrogen) atoms. The van der Waals surface area contributed by atoms with Gasteiger partial charge in [-0.25, -0.2) is 0 Å². The van der Waals surface area contributed by atoms with Crippen LogP contribution < -0.4 is 0 Å². The second-order valence-corrected chi connectivity index (χ2v) is 4.76. The summed E-state index contributed by atoms with van der Waals surface area (Å²) < 4.78 is 0. The molecule has 0 saturated heterocycles. The molecule has 0 amide bonds. The maximum Gasteiger partial charge on any atom is 0.0462 e. The van der Waals surface area contributed by atoms with E-state index >= 15 is 0 Å². The molecule has 0 aromatic heterocycles. The molecule has 0 aliphatic heterocycles. The first-order valence-corrected chi connectivity index (χ1v) is 5.55. The molecule has 1 saturated carbocycles. The fourth-order valence-electron chi connectivity index (χ4n) is 3.25. The average Bonchev–Trinajstić information content (AvgIpc) is 2.65. The molecule has 0 aromatic carbocycles. The number of hydrogen-bond acceptors (Lipinski definition) is 1. The summed E-state index contributed by atoms with van der Waals surface area (Å²) in [7, 11) is 0. The monoisotopic (exact) mass is 180 g/mol. The van der Waals surface area contributed by atoms with Crippen LogP contribution in [-0.4, -0.2) is 11.7 Å². The van der Waals surface area contributed by atoms with Crippen LogP contribution in [-0.2, 0) is 0 Å². The molecule has 1 unspecified atom stereocenters. The highest BCUT2D eigenvalue weighted by atomic mass is 16.3. The van der Waals surface area contributed by atoms with Crippen molar-refractivity contribution >= 4 is 0 Å². The lowest BCUT2D eigenvalue weighted by Crippen LogP contribution is -2.22. The van der Waals surface area contributed by atoms with Gasteiger partial charge in [-0.15, -0.1) is 0 Å². The molecule has 0 spiro atoms. The third-order valence-corrected chi connectivity index (χ3v) is 4.15. The van der Waals surface area contributed by atoms with Gasteiger partial charge in [-0.05, 0) is 43.4 Å². The standard InChI is InChI=1S/C12H20O/c1-3-9(7-13)12-6-10-5-11(12)4-8(10)2/h4,9-13H,3,5-7H2,1-2H3/t9?,10-,11+,12-/m0/s1. The van der Waals surface area contributed by atoms with E-state index in [2.05, 4.69) is 19.9 Å². The predicted molar refractivity (Wildman–Crippen MR) is 54.3 cm³/mol. The van der Waals surface area contributed by atoms with Gasteiger partial charge in [0.2, 0.25) is 0 Å². The van der Waals surface area contributed by atoms with Crippen LogP contribution in [0.5, 0.6) is 0 Å². The van der Waals surface area contributed by atoms with Crippen molar-refractivity contribution in [3.05, 3.63) is 11.6 Å². The number of aliphatic hydroxyl groups is 1. The van der Waals surface area contributed by atoms with Gasteiger partial charge in [0.1, 0.15) is 0 Å². The molecule has 1 N–H and O–H groups in total. The molecule has 0 aromatic rings. The number of allylic oxidation sites excluding steroid dienone is 2. The van der Waals surface area contributed by atoms with Crippen LogP contribution in [0, 0.1) is 23.7 Å². The molecule has 4 atom stereocenters. The Balaban J connectivity index is 2.05. The third-order valence-electron chi connectivity index (χ3n) is 4.15. The summed E-state index contributed by atoms with van der Waals surface area (Å²) in [5.41, 5.74) is 1.61. The van der Waals surface area contributed by atoms with E-state index in [-0.39, 0.29) is 0 Å². The molecule has 2 bridgehead atoms. The van der Waals surface area contributed by atoms with Gasteiger partial charge in [-0.1, -0.05) is 25.0 Å². The molecular formula is C12H20O. The van der Waals surface area contributed by atoms with Crippen molar-refractivity contribution in [2.45, 2.75) is 33.1 Å². The predicted octanol–water partition coefficient (Wildman–Crippen LogP) is 2.61. The van der Waals surface area contributed by atoms with Gasteiger partial charge in [0.15, 0.2) is 0 Å². The van der Waals surface area contributed by atoms with Crippen LogP contribution in [0.2, 0.25) is 0 Å². The molecule has 0 radical (unpaired) electrons. The Morgan fingerprint density at radius 1 is 1.54 bits per heavy atom. The Morgan fingerprint density at radius 3 is 2.69 bits per heavy atom. The van der Waals surface area contributed by atoms with E-state index in [1.807, 2.05) is 0 Å². The molecule has 1 nitrogen and oxygen atoms in total. The van der Waals surface area contributed by atoms with Gasteiger partial charge in [-0.2, -0.15) is 0 Å². The summed E-state index contributed by atoms with van der Waals surface area (Å²) in [5.74, 6) is 2.99. The number of rotatable bonds is 3. The number of fused-ring (bicyclic) bond motifs is 2. The Labute approximate surface area is 80.8 Å². The SMILES string of the molecule is CCC(CO)[C@@H]1C[C@@H]2C[C@H]1C=C2C. The van der Waals surface area contributed by atoms with E-state index in [1.165, 1.54) is 12.8 Å². The number of aliphatic hydroxyl groups excluding tert-OH is 1. The highest BCUT2D eigenvalue weighted by Gasteiger charge is 2.41. The quantitative estimate of drug-likeness (QED) is 0.662. The molecule has 0 heterocycles. The van der Waals surface area contributed by atoms with Crippen molar-refractivity contribution in [1.29, 1.82) is 0 Å². The Kier molecular flexibility index (Phi) is 2.46. The van der Waals surface area contributed by atoms with E-state index in [0.29, 0.717) is 12.5 Å². The zero-order chi connectivity index (χ0) is 9.42. The summed E-state index contributed by atoms with van der Waals surface area (Å²) in [6.45, 7) is 4.85. The van der Waals surface area contributed by atoms with E-state index in [0.717, 1.165) is 24.2 Å². The molecule has 2 aliphatic carbocycles. The lowest BCUT2D eigenvalue weighted by molar-refractivity contribution is 0.154. The minimum Gasteiger partial charge on any atom is -0.396 e. The molecule has 74 valence electrons.